The number of phenolic OH excluding ortho intramolecular Hbond substituents is 1. The molecule has 2 amide bonds. The number of phenols is 1. The number of aromatic hydroxyl groups is 1. The van der Waals surface area contributed by atoms with Crippen LogP contribution in [0.5, 0.6) is 11.5 Å². The smallest absolute Gasteiger partial charge is 0.339 e. The van der Waals surface area contributed by atoms with E-state index in [9.17, 15) is 18.3 Å². The van der Waals surface area contributed by atoms with E-state index in [2.05, 4.69) is 10.6 Å². The van der Waals surface area contributed by atoms with Crippen LogP contribution in [0.4, 0.5) is 16.2 Å². The van der Waals surface area contributed by atoms with Gasteiger partial charge in [0.1, 0.15) is 16.4 Å². The van der Waals surface area contributed by atoms with Crippen LogP contribution >= 0.6 is 0 Å². The number of urea groups is 1. The molecule has 0 aliphatic heterocycles. The molecule has 0 atom stereocenters. The molecule has 0 saturated carbocycles. The number of carbonyl (C=O) groups excluding carboxylic acids is 1. The maximum absolute atomic E-state index is 12.3. The SMILES string of the molecule is O=C(Nc1cccc(O)c1)Nc1cccc(OS(=O)(=O)c2ccccc2)c1. The molecule has 0 spiro atoms. The van der Waals surface area contributed by atoms with Gasteiger partial charge in [0, 0.05) is 23.5 Å². The molecule has 27 heavy (non-hydrogen) atoms. The van der Waals surface area contributed by atoms with Gasteiger partial charge < -0.3 is 19.9 Å². The van der Waals surface area contributed by atoms with Gasteiger partial charge in [-0.05, 0) is 36.4 Å². The molecule has 3 aromatic rings. The maximum atomic E-state index is 12.3. The van der Waals surface area contributed by atoms with Crippen LogP contribution in [0.15, 0.2) is 83.8 Å². The number of anilines is 2. The van der Waals surface area contributed by atoms with Gasteiger partial charge in [-0.25, -0.2) is 4.79 Å². The molecule has 0 aromatic heterocycles. The molecule has 3 N–H and O–H groups in total. The molecular formula is C19H16N2O5S. The van der Waals surface area contributed by atoms with Crippen molar-refractivity contribution in [2.75, 3.05) is 10.6 Å². The fourth-order valence-corrected chi connectivity index (χ4v) is 3.21. The molecule has 7 nitrogen and oxygen atoms in total. The Morgan fingerprint density at radius 2 is 1.44 bits per heavy atom. The summed E-state index contributed by atoms with van der Waals surface area (Å²) in [6.45, 7) is 0. The molecule has 0 saturated heterocycles. The molecular weight excluding hydrogens is 368 g/mol. The Bertz CT molecular complexity index is 1050. The average molecular weight is 384 g/mol. The van der Waals surface area contributed by atoms with Crippen molar-refractivity contribution in [2.24, 2.45) is 0 Å². The van der Waals surface area contributed by atoms with Gasteiger partial charge in [-0.1, -0.05) is 30.3 Å². The number of rotatable bonds is 5. The average Bonchev–Trinajstić information content (AvgIpc) is 2.62. The van der Waals surface area contributed by atoms with Crippen molar-refractivity contribution in [1.29, 1.82) is 0 Å². The Kier molecular flexibility index (Phi) is 5.28. The first-order valence-corrected chi connectivity index (χ1v) is 9.30. The number of benzene rings is 3. The quantitative estimate of drug-likeness (QED) is 0.580. The van der Waals surface area contributed by atoms with Crippen LogP contribution < -0.4 is 14.8 Å². The number of amides is 2. The van der Waals surface area contributed by atoms with E-state index in [1.807, 2.05) is 0 Å². The minimum atomic E-state index is -3.97. The second-order valence-corrected chi connectivity index (χ2v) is 7.05. The zero-order valence-electron chi connectivity index (χ0n) is 14.0. The summed E-state index contributed by atoms with van der Waals surface area (Å²) >= 11 is 0. The van der Waals surface area contributed by atoms with Gasteiger partial charge in [-0.15, -0.1) is 0 Å². The predicted molar refractivity (Wildman–Crippen MR) is 101 cm³/mol. The van der Waals surface area contributed by atoms with Crippen molar-refractivity contribution in [2.45, 2.75) is 4.90 Å². The van der Waals surface area contributed by atoms with Crippen molar-refractivity contribution in [3.05, 3.63) is 78.9 Å². The number of hydrogen-bond acceptors (Lipinski definition) is 5. The third kappa shape index (κ3) is 4.99. The molecule has 0 aliphatic carbocycles. The minimum absolute atomic E-state index is 0.0225. The highest BCUT2D eigenvalue weighted by Crippen LogP contribution is 2.22. The third-order valence-corrected chi connectivity index (χ3v) is 4.70. The lowest BCUT2D eigenvalue weighted by atomic mass is 10.3. The Labute approximate surface area is 156 Å². The van der Waals surface area contributed by atoms with E-state index in [1.54, 1.807) is 42.5 Å². The Morgan fingerprint density at radius 1 is 0.815 bits per heavy atom. The van der Waals surface area contributed by atoms with E-state index in [-0.39, 0.29) is 16.4 Å². The van der Waals surface area contributed by atoms with Crippen LogP contribution in [0, 0.1) is 0 Å². The summed E-state index contributed by atoms with van der Waals surface area (Å²) in [7, 11) is -3.97. The highest BCUT2D eigenvalue weighted by molar-refractivity contribution is 7.87. The molecule has 0 heterocycles. The van der Waals surface area contributed by atoms with Gasteiger partial charge in [-0.2, -0.15) is 8.42 Å². The van der Waals surface area contributed by atoms with Gasteiger partial charge in [0.25, 0.3) is 0 Å². The van der Waals surface area contributed by atoms with Crippen LogP contribution in [0.25, 0.3) is 0 Å². The van der Waals surface area contributed by atoms with Crippen LogP contribution in [-0.4, -0.2) is 19.6 Å². The lowest BCUT2D eigenvalue weighted by Crippen LogP contribution is -2.19. The predicted octanol–water partition coefficient (Wildman–Crippen LogP) is 3.80. The van der Waals surface area contributed by atoms with Crippen molar-refractivity contribution in [3.63, 3.8) is 0 Å². The van der Waals surface area contributed by atoms with Crippen LogP contribution in [0.1, 0.15) is 0 Å². The number of nitrogens with one attached hydrogen (secondary N) is 2. The molecule has 0 aliphatic rings. The van der Waals surface area contributed by atoms with Crippen molar-refractivity contribution in [1.82, 2.24) is 0 Å². The van der Waals surface area contributed by atoms with E-state index in [0.717, 1.165) is 0 Å². The first-order valence-electron chi connectivity index (χ1n) is 7.89. The summed E-state index contributed by atoms with van der Waals surface area (Å²) in [4.78, 5) is 12.1. The molecule has 138 valence electrons. The van der Waals surface area contributed by atoms with E-state index in [0.29, 0.717) is 11.4 Å². The summed E-state index contributed by atoms with van der Waals surface area (Å²) in [6, 6.07) is 19.3. The van der Waals surface area contributed by atoms with Crippen LogP contribution in [0.3, 0.4) is 0 Å². The van der Waals surface area contributed by atoms with Crippen LogP contribution in [-0.2, 0) is 10.1 Å². The molecule has 0 unspecified atom stereocenters. The second-order valence-electron chi connectivity index (χ2n) is 5.51. The minimum Gasteiger partial charge on any atom is -0.508 e. The highest BCUT2D eigenvalue weighted by Gasteiger charge is 2.16. The number of hydrogen-bond donors (Lipinski definition) is 3. The zero-order valence-corrected chi connectivity index (χ0v) is 14.8. The highest BCUT2D eigenvalue weighted by atomic mass is 32.2. The Hall–Kier alpha value is -3.52. The summed E-state index contributed by atoms with van der Waals surface area (Å²) < 4.78 is 29.6. The molecule has 3 aromatic carbocycles. The van der Waals surface area contributed by atoms with Gasteiger partial charge in [-0.3, -0.25) is 0 Å². The largest absolute Gasteiger partial charge is 0.508 e. The van der Waals surface area contributed by atoms with Crippen molar-refractivity contribution in [3.8, 4) is 11.5 Å². The van der Waals surface area contributed by atoms with Crippen LogP contribution in [0.2, 0.25) is 0 Å². The van der Waals surface area contributed by atoms with Gasteiger partial charge >= 0.3 is 16.1 Å². The first-order chi connectivity index (χ1) is 12.9. The Morgan fingerprint density at radius 3 is 2.11 bits per heavy atom. The lowest BCUT2D eigenvalue weighted by Gasteiger charge is -2.10. The molecule has 8 heteroatoms. The number of carbonyl (C=O) groups is 1. The van der Waals surface area contributed by atoms with Gasteiger partial charge in [0.2, 0.25) is 0 Å². The monoisotopic (exact) mass is 384 g/mol. The third-order valence-electron chi connectivity index (χ3n) is 3.43. The molecule has 0 fully saturated rings. The summed E-state index contributed by atoms with van der Waals surface area (Å²) in [5.74, 6) is 0.0864. The maximum Gasteiger partial charge on any atom is 0.339 e. The van der Waals surface area contributed by atoms with E-state index in [4.69, 9.17) is 4.18 Å². The van der Waals surface area contributed by atoms with E-state index in [1.165, 1.54) is 36.4 Å². The second kappa shape index (κ2) is 7.79. The van der Waals surface area contributed by atoms with E-state index >= 15 is 0 Å². The summed E-state index contributed by atoms with van der Waals surface area (Å²) in [6.07, 6.45) is 0. The standard InChI is InChI=1S/C19H16N2O5S/c22-16-8-4-6-14(12-16)20-19(23)21-15-7-5-9-17(13-15)26-27(24,25)18-10-2-1-3-11-18/h1-13,22H,(H2,20,21,23). The molecule has 3 rings (SSSR count). The topological polar surface area (TPSA) is 105 Å². The fourth-order valence-electron chi connectivity index (χ4n) is 2.26. The fraction of sp³-hybridized carbons (Fsp3) is 0. The van der Waals surface area contributed by atoms with Gasteiger partial charge in [0.05, 0.1) is 0 Å². The first kappa shape index (κ1) is 18.3. The van der Waals surface area contributed by atoms with Gasteiger partial charge in [0.15, 0.2) is 0 Å². The lowest BCUT2D eigenvalue weighted by molar-refractivity contribution is 0.262. The van der Waals surface area contributed by atoms with Crippen molar-refractivity contribution >= 4 is 27.5 Å². The van der Waals surface area contributed by atoms with Crippen molar-refractivity contribution < 1.29 is 22.5 Å². The summed E-state index contributed by atoms with van der Waals surface area (Å²) in [5.41, 5.74) is 0.750. The normalized spacial score (nSPS) is 10.8. The Balaban J connectivity index is 1.69. The van der Waals surface area contributed by atoms with E-state index < -0.39 is 16.1 Å². The molecule has 0 bridgehead atoms. The summed E-state index contributed by atoms with van der Waals surface area (Å²) in [5, 5.41) is 14.5. The molecule has 0 radical (unpaired) electrons. The zero-order chi connectivity index (χ0) is 19.3.